The Bertz CT molecular complexity index is 478. The van der Waals surface area contributed by atoms with Crippen LogP contribution in [0.3, 0.4) is 0 Å². The highest BCUT2D eigenvalue weighted by molar-refractivity contribution is 5.96. The van der Waals surface area contributed by atoms with Gasteiger partial charge in [0.2, 0.25) is 5.91 Å². The molecule has 0 radical (unpaired) electrons. The summed E-state index contributed by atoms with van der Waals surface area (Å²) in [4.78, 5) is 12.1. The minimum Gasteiger partial charge on any atom is -0.379 e. The van der Waals surface area contributed by atoms with Crippen LogP contribution in [-0.4, -0.2) is 25.2 Å². The van der Waals surface area contributed by atoms with Crippen molar-refractivity contribution in [1.29, 1.82) is 0 Å². The van der Waals surface area contributed by atoms with Crippen LogP contribution in [0.15, 0.2) is 18.2 Å². The second kappa shape index (κ2) is 4.66. The molecule has 18 heavy (non-hydrogen) atoms. The van der Waals surface area contributed by atoms with Gasteiger partial charge in [0.15, 0.2) is 0 Å². The van der Waals surface area contributed by atoms with Gasteiger partial charge in [-0.15, -0.1) is 0 Å². The molecule has 2 atom stereocenters. The fourth-order valence-corrected chi connectivity index (χ4v) is 1.91. The van der Waals surface area contributed by atoms with E-state index in [9.17, 15) is 9.18 Å². The molecule has 1 saturated heterocycles. The van der Waals surface area contributed by atoms with Crippen molar-refractivity contribution in [2.45, 2.75) is 19.9 Å². The largest absolute Gasteiger partial charge is 0.379 e. The number of halogens is 1. The zero-order chi connectivity index (χ0) is 13.3. The molecule has 3 N–H and O–H groups in total. The lowest BCUT2D eigenvalue weighted by Crippen LogP contribution is -2.47. The molecule has 0 spiro atoms. The van der Waals surface area contributed by atoms with Crippen molar-refractivity contribution in [2.24, 2.45) is 11.1 Å². The Labute approximate surface area is 105 Å². The summed E-state index contributed by atoms with van der Waals surface area (Å²) in [6.07, 6.45) is 0. The Morgan fingerprint density at radius 3 is 2.89 bits per heavy atom. The zero-order valence-electron chi connectivity index (χ0n) is 10.5. The van der Waals surface area contributed by atoms with Crippen LogP contribution in [0.1, 0.15) is 12.5 Å². The van der Waals surface area contributed by atoms with Crippen LogP contribution in [0.25, 0.3) is 0 Å². The van der Waals surface area contributed by atoms with E-state index < -0.39 is 11.2 Å². The van der Waals surface area contributed by atoms with Gasteiger partial charge < -0.3 is 15.8 Å². The van der Waals surface area contributed by atoms with Gasteiger partial charge in [0.25, 0.3) is 0 Å². The van der Waals surface area contributed by atoms with Crippen molar-refractivity contribution >= 4 is 11.6 Å². The number of nitrogens with one attached hydrogen (secondary N) is 1. The van der Waals surface area contributed by atoms with Crippen molar-refractivity contribution in [1.82, 2.24) is 0 Å². The zero-order valence-corrected chi connectivity index (χ0v) is 10.5. The monoisotopic (exact) mass is 252 g/mol. The average molecular weight is 252 g/mol. The molecule has 1 aromatic rings. The van der Waals surface area contributed by atoms with Gasteiger partial charge in [0, 0.05) is 6.04 Å². The second-order valence-electron chi connectivity index (χ2n) is 4.98. The second-order valence-corrected chi connectivity index (χ2v) is 4.98. The lowest BCUT2D eigenvalue weighted by atomic mass is 9.85. The number of anilines is 1. The minimum absolute atomic E-state index is 0.172. The Morgan fingerprint density at radius 2 is 2.33 bits per heavy atom. The summed E-state index contributed by atoms with van der Waals surface area (Å²) in [5.74, 6) is -0.755. The Hall–Kier alpha value is -1.46. The highest BCUT2D eigenvalue weighted by atomic mass is 19.1. The molecule has 1 aliphatic rings. The summed E-state index contributed by atoms with van der Waals surface area (Å²) in [6.45, 7) is 4.12. The van der Waals surface area contributed by atoms with E-state index in [0.717, 1.165) is 5.56 Å². The van der Waals surface area contributed by atoms with Gasteiger partial charge in [-0.2, -0.15) is 0 Å². The number of benzene rings is 1. The summed E-state index contributed by atoms with van der Waals surface area (Å²) in [5.41, 5.74) is 6.02. The first kappa shape index (κ1) is 13.0. The molecule has 2 rings (SSSR count). The Balaban J connectivity index is 2.16. The van der Waals surface area contributed by atoms with E-state index in [-0.39, 0.29) is 24.2 Å². The number of hydrogen-bond acceptors (Lipinski definition) is 3. The average Bonchev–Trinajstić information content (AvgIpc) is 2.64. The van der Waals surface area contributed by atoms with Gasteiger partial charge in [-0.1, -0.05) is 6.07 Å². The van der Waals surface area contributed by atoms with Gasteiger partial charge in [-0.3, -0.25) is 4.79 Å². The van der Waals surface area contributed by atoms with E-state index in [1.54, 1.807) is 26.0 Å². The van der Waals surface area contributed by atoms with Crippen LogP contribution < -0.4 is 11.1 Å². The molecule has 0 saturated carbocycles. The molecule has 5 heteroatoms. The SMILES string of the molecule is Cc1ccc(NC(=O)C2(C)COCC2N)c(F)c1. The van der Waals surface area contributed by atoms with E-state index in [0.29, 0.717) is 6.61 Å². The fourth-order valence-electron chi connectivity index (χ4n) is 1.91. The number of amides is 1. The number of ether oxygens (including phenoxy) is 1. The van der Waals surface area contributed by atoms with Crippen molar-refractivity contribution in [3.8, 4) is 0 Å². The molecule has 0 aliphatic carbocycles. The van der Waals surface area contributed by atoms with E-state index in [4.69, 9.17) is 10.5 Å². The lowest BCUT2D eigenvalue weighted by Gasteiger charge is -2.25. The topological polar surface area (TPSA) is 64.3 Å². The van der Waals surface area contributed by atoms with Crippen molar-refractivity contribution in [3.63, 3.8) is 0 Å². The van der Waals surface area contributed by atoms with Gasteiger partial charge in [0.1, 0.15) is 5.82 Å². The van der Waals surface area contributed by atoms with Crippen LogP contribution in [0.5, 0.6) is 0 Å². The first-order valence-electron chi connectivity index (χ1n) is 5.84. The molecule has 1 heterocycles. The fraction of sp³-hybridized carbons (Fsp3) is 0.462. The summed E-state index contributed by atoms with van der Waals surface area (Å²) in [5, 5.41) is 2.58. The summed E-state index contributed by atoms with van der Waals surface area (Å²) in [7, 11) is 0. The lowest BCUT2D eigenvalue weighted by molar-refractivity contribution is -0.125. The third-order valence-electron chi connectivity index (χ3n) is 3.41. The number of nitrogens with two attached hydrogens (primary N) is 1. The van der Waals surface area contributed by atoms with Gasteiger partial charge >= 0.3 is 0 Å². The van der Waals surface area contributed by atoms with Gasteiger partial charge in [0.05, 0.1) is 24.3 Å². The summed E-state index contributed by atoms with van der Waals surface area (Å²) >= 11 is 0. The third kappa shape index (κ3) is 2.23. The Morgan fingerprint density at radius 1 is 1.61 bits per heavy atom. The smallest absolute Gasteiger partial charge is 0.234 e. The minimum atomic E-state index is -0.808. The maximum Gasteiger partial charge on any atom is 0.234 e. The Kier molecular flexibility index (Phi) is 3.36. The highest BCUT2D eigenvalue weighted by Gasteiger charge is 2.44. The maximum atomic E-state index is 13.6. The molecule has 1 amide bonds. The standard InChI is InChI=1S/C13H17FN2O2/c1-8-3-4-10(9(14)5-8)16-12(17)13(2)7-18-6-11(13)15/h3-5,11H,6-7,15H2,1-2H3,(H,16,17). The predicted molar refractivity (Wildman–Crippen MR) is 66.7 cm³/mol. The van der Waals surface area contributed by atoms with Crippen LogP contribution in [-0.2, 0) is 9.53 Å². The molecule has 0 aromatic heterocycles. The van der Waals surface area contributed by atoms with Crippen molar-refractivity contribution < 1.29 is 13.9 Å². The van der Waals surface area contributed by atoms with E-state index >= 15 is 0 Å². The van der Waals surface area contributed by atoms with Crippen molar-refractivity contribution in [3.05, 3.63) is 29.6 Å². The van der Waals surface area contributed by atoms with Crippen molar-refractivity contribution in [2.75, 3.05) is 18.5 Å². The van der Waals surface area contributed by atoms with E-state index in [1.165, 1.54) is 6.07 Å². The predicted octanol–water partition coefficient (Wildman–Crippen LogP) is 1.44. The van der Waals surface area contributed by atoms with Crippen LogP contribution in [0, 0.1) is 18.2 Å². The van der Waals surface area contributed by atoms with Gasteiger partial charge in [-0.25, -0.2) is 4.39 Å². The summed E-state index contributed by atoms with van der Waals surface area (Å²) in [6, 6.07) is 4.30. The van der Waals surface area contributed by atoms with Gasteiger partial charge in [-0.05, 0) is 31.5 Å². The quantitative estimate of drug-likeness (QED) is 0.837. The number of carbonyl (C=O) groups is 1. The molecule has 2 unspecified atom stereocenters. The number of aryl methyl sites for hydroxylation is 1. The number of carbonyl (C=O) groups excluding carboxylic acids is 1. The molecule has 0 bridgehead atoms. The highest BCUT2D eigenvalue weighted by Crippen LogP contribution is 2.29. The molecule has 1 aliphatic heterocycles. The van der Waals surface area contributed by atoms with Crippen LogP contribution in [0.4, 0.5) is 10.1 Å². The number of rotatable bonds is 2. The first-order chi connectivity index (χ1) is 8.43. The molecule has 4 nitrogen and oxygen atoms in total. The molecular formula is C13H17FN2O2. The molecular weight excluding hydrogens is 235 g/mol. The van der Waals surface area contributed by atoms with E-state index in [2.05, 4.69) is 5.32 Å². The third-order valence-corrected chi connectivity index (χ3v) is 3.41. The first-order valence-corrected chi connectivity index (χ1v) is 5.84. The molecule has 1 fully saturated rings. The van der Waals surface area contributed by atoms with Crippen LogP contribution >= 0.6 is 0 Å². The van der Waals surface area contributed by atoms with Crippen LogP contribution in [0.2, 0.25) is 0 Å². The normalized spacial score (nSPS) is 27.2. The van der Waals surface area contributed by atoms with E-state index in [1.807, 2.05) is 0 Å². The number of hydrogen-bond donors (Lipinski definition) is 2. The molecule has 98 valence electrons. The molecule has 1 aromatic carbocycles. The summed E-state index contributed by atoms with van der Waals surface area (Å²) < 4.78 is 18.8. The maximum absolute atomic E-state index is 13.6.